The molecule has 6 rings (SSSR count). The number of carbonyl (C=O) groups excluding carboxylic acids is 1. The van der Waals surface area contributed by atoms with Gasteiger partial charge in [0, 0.05) is 50.1 Å². The molecule has 0 bridgehead atoms. The van der Waals surface area contributed by atoms with Crippen molar-refractivity contribution in [1.29, 1.82) is 0 Å². The summed E-state index contributed by atoms with van der Waals surface area (Å²) in [6.45, 7) is 4.41. The van der Waals surface area contributed by atoms with Crippen LogP contribution in [0.3, 0.4) is 0 Å². The van der Waals surface area contributed by atoms with E-state index in [0.717, 1.165) is 54.1 Å². The van der Waals surface area contributed by atoms with Crippen LogP contribution in [0.25, 0.3) is 16.8 Å². The van der Waals surface area contributed by atoms with Gasteiger partial charge in [0.1, 0.15) is 5.82 Å². The van der Waals surface area contributed by atoms with Crippen LogP contribution in [0, 0.1) is 12.7 Å². The number of aromatic nitrogens is 2. The summed E-state index contributed by atoms with van der Waals surface area (Å²) in [6, 6.07) is 4.35. The zero-order chi connectivity index (χ0) is 27.3. The van der Waals surface area contributed by atoms with Crippen molar-refractivity contribution >= 4 is 23.1 Å². The molecule has 0 radical (unpaired) electrons. The first-order chi connectivity index (χ1) is 18.6. The summed E-state index contributed by atoms with van der Waals surface area (Å²) < 4.78 is 60.8. The van der Waals surface area contributed by atoms with Crippen molar-refractivity contribution < 1.29 is 27.1 Å². The molecule has 0 spiro atoms. The van der Waals surface area contributed by atoms with Crippen molar-refractivity contribution in [1.82, 2.24) is 14.3 Å². The van der Waals surface area contributed by atoms with Gasteiger partial charge in [-0.2, -0.15) is 13.2 Å². The molecule has 1 saturated carbocycles. The number of benzene rings is 1. The summed E-state index contributed by atoms with van der Waals surface area (Å²) in [6.07, 6.45) is 2.28. The minimum absolute atomic E-state index is 0.0257. The zero-order valence-electron chi connectivity index (χ0n) is 21.5. The first-order valence-corrected chi connectivity index (χ1v) is 13.1. The topological polar surface area (TPSA) is 62.1 Å². The van der Waals surface area contributed by atoms with Crippen LogP contribution in [-0.4, -0.2) is 65.9 Å². The molecule has 1 N–H and O–H groups in total. The number of urea groups is 1. The quantitative estimate of drug-likeness (QED) is 0.322. The summed E-state index contributed by atoms with van der Waals surface area (Å²) >= 11 is 0. The molecule has 2 aliphatic heterocycles. The van der Waals surface area contributed by atoms with E-state index in [-0.39, 0.29) is 24.4 Å². The van der Waals surface area contributed by atoms with E-state index in [1.165, 1.54) is 17.0 Å². The van der Waals surface area contributed by atoms with Gasteiger partial charge < -0.3 is 24.3 Å². The number of ether oxygens (including phenoxy) is 1. The standard InChI is InChI=1S/C28H29F4N5O2/c1-17-10-22(29)23(34-27(38)36-5-4-18(14-36)13-28(30,31)32)12-21(17)20-11-25(35-6-8-39-9-7-35)26-33-24(19-2-3-19)16-37(26)15-20/h4,10-12,15-16,19H,2-3,5-9,13-14H2,1H3,(H,34,38). The number of aryl methyl sites for hydroxylation is 1. The summed E-state index contributed by atoms with van der Waals surface area (Å²) in [4.78, 5) is 21.2. The van der Waals surface area contributed by atoms with E-state index in [1.807, 2.05) is 16.7 Å². The average molecular weight is 544 g/mol. The third-order valence-corrected chi connectivity index (χ3v) is 7.47. The molecule has 1 aliphatic carbocycles. The van der Waals surface area contributed by atoms with Crippen LogP contribution in [-0.2, 0) is 4.74 Å². The predicted molar refractivity (Wildman–Crippen MR) is 140 cm³/mol. The number of halogens is 4. The minimum Gasteiger partial charge on any atom is -0.378 e. The fraction of sp³-hybridized carbons (Fsp3) is 0.429. The lowest BCUT2D eigenvalue weighted by Gasteiger charge is -2.29. The molecule has 11 heteroatoms. The minimum atomic E-state index is -4.34. The summed E-state index contributed by atoms with van der Waals surface area (Å²) in [5, 5.41) is 2.57. The van der Waals surface area contributed by atoms with Crippen molar-refractivity contribution in [2.45, 2.75) is 38.3 Å². The number of amides is 2. The van der Waals surface area contributed by atoms with Gasteiger partial charge in [-0.05, 0) is 54.7 Å². The lowest BCUT2D eigenvalue weighted by Crippen LogP contribution is -2.36. The highest BCUT2D eigenvalue weighted by molar-refractivity contribution is 5.91. The fourth-order valence-electron chi connectivity index (χ4n) is 5.29. The van der Waals surface area contributed by atoms with Gasteiger partial charge in [-0.3, -0.25) is 0 Å². The van der Waals surface area contributed by atoms with Gasteiger partial charge in [0.2, 0.25) is 0 Å². The van der Waals surface area contributed by atoms with Crippen LogP contribution in [0.2, 0.25) is 0 Å². The molecule has 1 aromatic carbocycles. The second kappa shape index (κ2) is 9.86. The van der Waals surface area contributed by atoms with Gasteiger partial charge in [0.15, 0.2) is 5.65 Å². The van der Waals surface area contributed by atoms with Crippen LogP contribution >= 0.6 is 0 Å². The molecule has 3 aliphatic rings. The largest absolute Gasteiger partial charge is 0.392 e. The van der Waals surface area contributed by atoms with Crippen molar-refractivity contribution in [2.24, 2.45) is 0 Å². The number of hydrogen-bond donors (Lipinski definition) is 1. The van der Waals surface area contributed by atoms with E-state index >= 15 is 0 Å². The number of morpholine rings is 1. The highest BCUT2D eigenvalue weighted by Crippen LogP contribution is 2.41. The number of imidazole rings is 1. The Bertz CT molecular complexity index is 1450. The van der Waals surface area contributed by atoms with Crippen molar-refractivity contribution in [2.75, 3.05) is 49.6 Å². The summed E-state index contributed by atoms with van der Waals surface area (Å²) in [5.74, 6) is -0.127. The molecule has 0 atom stereocenters. The monoisotopic (exact) mass is 543 g/mol. The number of anilines is 2. The molecule has 0 unspecified atom stereocenters. The molecule has 1 saturated heterocycles. The van der Waals surface area contributed by atoms with Gasteiger partial charge in [0.25, 0.3) is 0 Å². The molecule has 2 aromatic heterocycles. The van der Waals surface area contributed by atoms with E-state index in [0.29, 0.717) is 24.7 Å². The molecule has 39 heavy (non-hydrogen) atoms. The van der Waals surface area contributed by atoms with Crippen molar-refractivity contribution in [3.05, 3.63) is 59.3 Å². The van der Waals surface area contributed by atoms with E-state index in [2.05, 4.69) is 16.4 Å². The Morgan fingerprint density at radius 3 is 2.64 bits per heavy atom. The number of nitrogens with zero attached hydrogens (tertiary/aromatic N) is 4. The third kappa shape index (κ3) is 5.45. The SMILES string of the molecule is Cc1cc(F)c(NC(=O)N2CC=C(CC(F)(F)F)C2)cc1-c1cc(N2CCOCC2)c2nc(C3CC3)cn2c1. The first kappa shape index (κ1) is 25.7. The highest BCUT2D eigenvalue weighted by Gasteiger charge is 2.32. The summed E-state index contributed by atoms with van der Waals surface area (Å²) in [5.41, 5.74) is 5.27. The number of rotatable bonds is 5. The molecular formula is C28H29F4N5O2. The Morgan fingerprint density at radius 2 is 1.92 bits per heavy atom. The van der Waals surface area contributed by atoms with Gasteiger partial charge in [-0.1, -0.05) is 6.08 Å². The lowest BCUT2D eigenvalue weighted by atomic mass is 10.00. The summed E-state index contributed by atoms with van der Waals surface area (Å²) in [7, 11) is 0. The van der Waals surface area contributed by atoms with Gasteiger partial charge in [0.05, 0.1) is 36.7 Å². The van der Waals surface area contributed by atoms with E-state index < -0.39 is 24.4 Å². The fourth-order valence-corrected chi connectivity index (χ4v) is 5.29. The molecule has 2 amide bonds. The second-order valence-corrected chi connectivity index (χ2v) is 10.5. The number of carbonyl (C=O) groups is 1. The van der Waals surface area contributed by atoms with Gasteiger partial charge in [-0.25, -0.2) is 14.2 Å². The molecule has 4 heterocycles. The van der Waals surface area contributed by atoms with Crippen LogP contribution in [0.15, 0.2) is 42.2 Å². The molecule has 3 aromatic rings. The Labute approximate surface area is 223 Å². The number of pyridine rings is 1. The number of alkyl halides is 3. The Kier molecular flexibility index (Phi) is 6.49. The average Bonchev–Trinajstić information content (AvgIpc) is 3.49. The van der Waals surface area contributed by atoms with Crippen LogP contribution in [0.1, 0.15) is 36.4 Å². The molecule has 206 valence electrons. The predicted octanol–water partition coefficient (Wildman–Crippen LogP) is 5.89. The lowest BCUT2D eigenvalue weighted by molar-refractivity contribution is -0.127. The zero-order valence-corrected chi connectivity index (χ0v) is 21.5. The second-order valence-electron chi connectivity index (χ2n) is 10.5. The third-order valence-electron chi connectivity index (χ3n) is 7.47. The Balaban J connectivity index is 1.30. The van der Waals surface area contributed by atoms with E-state index in [1.54, 1.807) is 13.0 Å². The highest BCUT2D eigenvalue weighted by atomic mass is 19.4. The molecule has 7 nitrogen and oxygen atoms in total. The van der Waals surface area contributed by atoms with Gasteiger partial charge in [-0.15, -0.1) is 0 Å². The van der Waals surface area contributed by atoms with Crippen molar-refractivity contribution in [3.63, 3.8) is 0 Å². The molecular weight excluding hydrogens is 514 g/mol. The number of hydrogen-bond acceptors (Lipinski definition) is 4. The smallest absolute Gasteiger partial charge is 0.378 e. The Hall–Kier alpha value is -3.60. The maximum atomic E-state index is 15.0. The Morgan fingerprint density at radius 1 is 1.15 bits per heavy atom. The number of nitrogens with one attached hydrogen (secondary N) is 1. The van der Waals surface area contributed by atoms with Crippen LogP contribution in [0.5, 0.6) is 0 Å². The maximum Gasteiger partial charge on any atom is 0.392 e. The first-order valence-electron chi connectivity index (χ1n) is 13.1. The van der Waals surface area contributed by atoms with Gasteiger partial charge >= 0.3 is 12.2 Å². The van der Waals surface area contributed by atoms with E-state index in [4.69, 9.17) is 9.72 Å². The number of fused-ring (bicyclic) bond motifs is 1. The normalized spacial score (nSPS) is 18.1. The molecule has 2 fully saturated rings. The van der Waals surface area contributed by atoms with Crippen molar-refractivity contribution in [3.8, 4) is 11.1 Å². The van der Waals surface area contributed by atoms with Crippen LogP contribution < -0.4 is 10.2 Å². The maximum absolute atomic E-state index is 15.0. The van der Waals surface area contributed by atoms with E-state index in [9.17, 15) is 22.4 Å². The van der Waals surface area contributed by atoms with Crippen LogP contribution in [0.4, 0.5) is 33.7 Å².